The van der Waals surface area contributed by atoms with Crippen LogP contribution in [-0.4, -0.2) is 14.3 Å². The first-order chi connectivity index (χ1) is 10.9. The zero-order valence-corrected chi connectivity index (χ0v) is 15.9. The zero-order chi connectivity index (χ0) is 18.2. The molecule has 0 fully saturated rings. The first-order valence-electron chi connectivity index (χ1n) is 8.15. The maximum absolute atomic E-state index is 13.5. The topological polar surface area (TPSA) is 9.23 Å². The number of rotatable bonds is 2. The van der Waals surface area contributed by atoms with Crippen molar-refractivity contribution in [1.29, 1.82) is 0 Å². The SMILES string of the molecule is CC(C)(C)[Si](C)(C)C1=CCC(c2ccccc2)C=C(C(F)(F)F)O1. The van der Waals surface area contributed by atoms with Crippen LogP contribution in [0.25, 0.3) is 0 Å². The van der Waals surface area contributed by atoms with E-state index in [1.54, 1.807) is 0 Å². The summed E-state index contributed by atoms with van der Waals surface area (Å²) in [6, 6.07) is 9.28. The summed E-state index contributed by atoms with van der Waals surface area (Å²) in [4.78, 5) is 0. The molecular weight excluding hydrogens is 329 g/mol. The van der Waals surface area contributed by atoms with Crippen LogP contribution in [0.2, 0.25) is 18.1 Å². The Kier molecular flexibility index (Phi) is 5.05. The van der Waals surface area contributed by atoms with Gasteiger partial charge in [0.1, 0.15) is 8.07 Å². The molecule has 0 saturated heterocycles. The summed E-state index contributed by atoms with van der Waals surface area (Å²) in [6.07, 6.45) is -0.861. The molecule has 0 aliphatic carbocycles. The monoisotopic (exact) mass is 354 g/mol. The Morgan fingerprint density at radius 2 is 1.62 bits per heavy atom. The summed E-state index contributed by atoms with van der Waals surface area (Å²) in [5.74, 6) is -1.21. The van der Waals surface area contributed by atoms with Crippen molar-refractivity contribution in [2.75, 3.05) is 0 Å². The number of hydrogen-bond donors (Lipinski definition) is 0. The average molecular weight is 354 g/mol. The number of ether oxygens (including phenoxy) is 1. The molecular formula is C19H25F3OSi. The fraction of sp³-hybridized carbons (Fsp3) is 0.474. The van der Waals surface area contributed by atoms with Crippen LogP contribution in [0.1, 0.15) is 38.7 Å². The third kappa shape index (κ3) is 3.94. The largest absolute Gasteiger partial charge is 0.462 e. The molecule has 0 aromatic heterocycles. The van der Waals surface area contributed by atoms with Gasteiger partial charge in [-0.25, -0.2) is 0 Å². The standard InChI is InChI=1S/C19H25F3OSi/c1-18(2,3)24(4,5)17-12-11-15(14-9-7-6-8-10-14)13-16(23-17)19(20,21)22/h6-10,12-13,15H,11H2,1-5H3. The van der Waals surface area contributed by atoms with E-state index < -0.39 is 20.0 Å². The minimum Gasteiger partial charge on any atom is -0.462 e. The van der Waals surface area contributed by atoms with Gasteiger partial charge in [-0.3, -0.25) is 0 Å². The predicted molar refractivity (Wildman–Crippen MR) is 94.3 cm³/mol. The first-order valence-corrected chi connectivity index (χ1v) is 11.2. The smallest absolute Gasteiger partial charge is 0.449 e. The van der Waals surface area contributed by atoms with Crippen molar-refractivity contribution in [2.45, 2.75) is 57.4 Å². The molecule has 0 N–H and O–H groups in total. The Labute approximate surface area is 143 Å². The van der Waals surface area contributed by atoms with E-state index in [0.29, 0.717) is 11.8 Å². The molecule has 1 aliphatic heterocycles. The van der Waals surface area contributed by atoms with Gasteiger partial charge in [-0.2, -0.15) is 13.2 Å². The van der Waals surface area contributed by atoms with Gasteiger partial charge in [0.15, 0.2) is 0 Å². The Balaban J connectivity index is 2.47. The van der Waals surface area contributed by atoms with Crippen LogP contribution in [-0.2, 0) is 4.74 Å². The number of allylic oxidation sites excluding steroid dienone is 3. The Hall–Kier alpha value is -1.49. The van der Waals surface area contributed by atoms with Crippen molar-refractivity contribution >= 4 is 8.07 Å². The molecule has 0 amide bonds. The predicted octanol–water partition coefficient (Wildman–Crippen LogP) is 6.57. The van der Waals surface area contributed by atoms with Crippen LogP contribution >= 0.6 is 0 Å². The molecule has 1 aromatic rings. The van der Waals surface area contributed by atoms with Gasteiger partial charge in [0.05, 0.1) is 5.38 Å². The molecule has 5 heteroatoms. The second-order valence-electron chi connectivity index (χ2n) is 7.83. The molecule has 2 rings (SSSR count). The Bertz CT molecular complexity index is 637. The van der Waals surface area contributed by atoms with Gasteiger partial charge >= 0.3 is 6.18 Å². The van der Waals surface area contributed by atoms with E-state index in [-0.39, 0.29) is 11.0 Å². The highest BCUT2D eigenvalue weighted by Crippen LogP contribution is 2.45. The van der Waals surface area contributed by atoms with E-state index in [2.05, 4.69) is 33.9 Å². The van der Waals surface area contributed by atoms with Gasteiger partial charge in [-0.15, -0.1) is 0 Å². The van der Waals surface area contributed by atoms with Crippen LogP contribution in [0, 0.1) is 0 Å². The maximum atomic E-state index is 13.5. The van der Waals surface area contributed by atoms with E-state index in [4.69, 9.17) is 4.74 Å². The van der Waals surface area contributed by atoms with E-state index in [1.807, 2.05) is 36.4 Å². The van der Waals surface area contributed by atoms with E-state index in [0.717, 1.165) is 5.56 Å². The summed E-state index contributed by atoms with van der Waals surface area (Å²) in [5.41, 5.74) is 0.871. The Morgan fingerprint density at radius 1 is 1.04 bits per heavy atom. The van der Waals surface area contributed by atoms with Crippen LogP contribution < -0.4 is 0 Å². The second-order valence-corrected chi connectivity index (χ2v) is 13.1. The third-order valence-electron chi connectivity index (χ3n) is 5.13. The Morgan fingerprint density at radius 3 is 2.12 bits per heavy atom. The first kappa shape index (κ1) is 18.8. The fourth-order valence-electron chi connectivity index (χ4n) is 2.52. The molecule has 132 valence electrons. The molecule has 0 radical (unpaired) electrons. The lowest BCUT2D eigenvalue weighted by molar-refractivity contribution is -0.123. The molecule has 1 nitrogen and oxygen atoms in total. The summed E-state index contributed by atoms with van der Waals surface area (Å²) in [5, 5.41) is 0.430. The number of benzene rings is 1. The lowest BCUT2D eigenvalue weighted by atomic mass is 9.95. The molecule has 0 saturated carbocycles. The minimum atomic E-state index is -4.49. The molecule has 1 aromatic carbocycles. The van der Waals surface area contributed by atoms with Crippen molar-refractivity contribution in [3.05, 3.63) is 59.2 Å². The van der Waals surface area contributed by atoms with Crippen LogP contribution in [0.15, 0.2) is 53.6 Å². The van der Waals surface area contributed by atoms with Gasteiger partial charge in [0.25, 0.3) is 0 Å². The number of alkyl halides is 3. The van der Waals surface area contributed by atoms with Crippen LogP contribution in [0.5, 0.6) is 0 Å². The van der Waals surface area contributed by atoms with E-state index >= 15 is 0 Å². The molecule has 24 heavy (non-hydrogen) atoms. The lowest BCUT2D eigenvalue weighted by Gasteiger charge is -2.38. The van der Waals surface area contributed by atoms with Crippen molar-refractivity contribution in [3.8, 4) is 0 Å². The molecule has 1 aliphatic rings. The highest BCUT2D eigenvalue weighted by atomic mass is 28.3. The maximum Gasteiger partial charge on any atom is 0.449 e. The third-order valence-corrected chi connectivity index (χ3v) is 10.4. The van der Waals surface area contributed by atoms with E-state index in [9.17, 15) is 13.2 Å². The molecule has 1 atom stereocenters. The van der Waals surface area contributed by atoms with Gasteiger partial charge in [-0.1, -0.05) is 70.3 Å². The van der Waals surface area contributed by atoms with E-state index in [1.165, 1.54) is 6.08 Å². The normalized spacial score (nSPS) is 19.9. The summed E-state index contributed by atoms with van der Waals surface area (Å²) >= 11 is 0. The van der Waals surface area contributed by atoms with Gasteiger partial charge in [-0.05, 0) is 23.1 Å². The molecule has 1 unspecified atom stereocenters. The molecule has 0 bridgehead atoms. The van der Waals surface area contributed by atoms with Gasteiger partial charge in [0.2, 0.25) is 5.76 Å². The summed E-state index contributed by atoms with van der Waals surface area (Å²) in [7, 11) is -2.19. The fourth-order valence-corrected chi connectivity index (χ4v) is 4.25. The molecule has 0 spiro atoms. The minimum absolute atomic E-state index is 0.0951. The van der Waals surface area contributed by atoms with Crippen molar-refractivity contribution in [1.82, 2.24) is 0 Å². The van der Waals surface area contributed by atoms with Crippen LogP contribution in [0.3, 0.4) is 0 Å². The number of halogens is 3. The van der Waals surface area contributed by atoms with Crippen molar-refractivity contribution in [2.24, 2.45) is 0 Å². The van der Waals surface area contributed by atoms with Crippen molar-refractivity contribution < 1.29 is 17.9 Å². The summed E-state index contributed by atoms with van der Waals surface area (Å²) < 4.78 is 45.9. The zero-order valence-electron chi connectivity index (χ0n) is 14.9. The quantitative estimate of drug-likeness (QED) is 0.546. The van der Waals surface area contributed by atoms with Crippen molar-refractivity contribution in [3.63, 3.8) is 0 Å². The van der Waals surface area contributed by atoms with Gasteiger partial charge in [0, 0.05) is 5.92 Å². The molecule has 1 heterocycles. The van der Waals surface area contributed by atoms with Gasteiger partial charge < -0.3 is 4.74 Å². The highest BCUT2D eigenvalue weighted by molar-refractivity contribution is 6.86. The number of hydrogen-bond acceptors (Lipinski definition) is 1. The summed E-state index contributed by atoms with van der Waals surface area (Å²) in [6.45, 7) is 10.3. The highest BCUT2D eigenvalue weighted by Gasteiger charge is 2.45. The average Bonchev–Trinajstić information content (AvgIpc) is 2.70. The lowest BCUT2D eigenvalue weighted by Crippen LogP contribution is -2.41. The second kappa shape index (κ2) is 6.43. The van der Waals surface area contributed by atoms with Crippen LogP contribution in [0.4, 0.5) is 13.2 Å².